The fourth-order valence-electron chi connectivity index (χ4n) is 7.90. The number of halogens is 1. The number of amides is 2. The maximum Gasteiger partial charge on any atom is 0.286 e. The lowest BCUT2D eigenvalue weighted by Gasteiger charge is -2.46. The molecular weight excluding hydrogens is 626 g/mol. The van der Waals surface area contributed by atoms with Crippen LogP contribution in [0.4, 0.5) is 5.69 Å². The summed E-state index contributed by atoms with van der Waals surface area (Å²) in [6, 6.07) is 11.6. The molecular formula is C35H46ClN3O6S. The lowest BCUT2D eigenvalue weighted by molar-refractivity contribution is -0.120. The van der Waals surface area contributed by atoms with E-state index < -0.39 is 21.7 Å². The minimum atomic E-state index is -3.34. The third-order valence-corrected chi connectivity index (χ3v) is 12.5. The van der Waals surface area contributed by atoms with Crippen molar-refractivity contribution in [1.82, 2.24) is 4.72 Å². The Balaban J connectivity index is 1.40. The van der Waals surface area contributed by atoms with E-state index in [2.05, 4.69) is 26.1 Å². The van der Waals surface area contributed by atoms with Gasteiger partial charge in [-0.15, -0.1) is 4.36 Å². The molecule has 0 saturated heterocycles. The Labute approximate surface area is 278 Å². The van der Waals surface area contributed by atoms with E-state index in [1.165, 1.54) is 18.2 Å². The average Bonchev–Trinajstić information content (AvgIpc) is 3.17. The maximum absolute atomic E-state index is 14.0. The number of hydrogen-bond donors (Lipinski definition) is 1. The zero-order chi connectivity index (χ0) is 32.3. The van der Waals surface area contributed by atoms with E-state index >= 15 is 0 Å². The topological polar surface area (TPSA) is 107 Å². The second-order valence-electron chi connectivity index (χ2n) is 13.4. The summed E-state index contributed by atoms with van der Waals surface area (Å²) in [6.07, 6.45) is 8.69. The fraction of sp³-hybridized carbons (Fsp3) is 0.600. The van der Waals surface area contributed by atoms with Crippen molar-refractivity contribution in [2.24, 2.45) is 16.2 Å². The molecule has 1 N–H and O–H groups in total. The van der Waals surface area contributed by atoms with Gasteiger partial charge in [-0.1, -0.05) is 30.5 Å². The van der Waals surface area contributed by atoms with Crippen molar-refractivity contribution < 1.29 is 28.0 Å². The van der Waals surface area contributed by atoms with Crippen molar-refractivity contribution in [3.8, 4) is 5.75 Å². The summed E-state index contributed by atoms with van der Waals surface area (Å²) in [6.45, 7) is 2.29. The highest BCUT2D eigenvalue weighted by Crippen LogP contribution is 2.47. The Bertz CT molecular complexity index is 1580. The molecule has 2 aliphatic heterocycles. The number of nitrogens with one attached hydrogen (secondary N) is 1. The van der Waals surface area contributed by atoms with Crippen LogP contribution in [0.3, 0.4) is 0 Å². The van der Waals surface area contributed by atoms with Crippen LogP contribution in [0, 0.1) is 11.8 Å². The van der Waals surface area contributed by atoms with Crippen molar-refractivity contribution in [1.29, 1.82) is 0 Å². The molecule has 2 aromatic rings. The Hall–Kier alpha value is -2.66. The van der Waals surface area contributed by atoms with Crippen molar-refractivity contribution in [3.63, 3.8) is 0 Å². The minimum absolute atomic E-state index is 0.0392. The van der Waals surface area contributed by atoms with Crippen LogP contribution in [0.5, 0.6) is 5.75 Å². The highest BCUT2D eigenvalue weighted by atomic mass is 35.5. The van der Waals surface area contributed by atoms with E-state index in [9.17, 15) is 13.8 Å². The maximum atomic E-state index is 14.0. The average molecular weight is 672 g/mol. The van der Waals surface area contributed by atoms with Gasteiger partial charge in [-0.3, -0.25) is 14.3 Å². The molecule has 1 saturated carbocycles. The number of anilines is 1. The van der Waals surface area contributed by atoms with E-state index in [4.69, 9.17) is 25.8 Å². The van der Waals surface area contributed by atoms with Gasteiger partial charge in [-0.05, 0) is 98.2 Å². The number of benzene rings is 2. The first-order valence-corrected chi connectivity index (χ1v) is 18.7. The lowest BCUT2D eigenvalue weighted by Crippen LogP contribution is -2.49. The largest absolute Gasteiger partial charge is 0.490 e. The summed E-state index contributed by atoms with van der Waals surface area (Å²) in [7, 11) is -0.0267. The Kier molecular flexibility index (Phi) is 10.3. The quantitative estimate of drug-likeness (QED) is 0.409. The summed E-state index contributed by atoms with van der Waals surface area (Å²) in [5.41, 5.74) is 3.51. The van der Waals surface area contributed by atoms with E-state index in [1.54, 1.807) is 6.07 Å². The van der Waals surface area contributed by atoms with Crippen LogP contribution in [0.2, 0.25) is 5.02 Å². The molecule has 250 valence electrons. The van der Waals surface area contributed by atoms with Crippen molar-refractivity contribution >= 4 is 39.0 Å². The molecule has 11 heteroatoms. The molecule has 0 unspecified atom stereocenters. The molecule has 5 atom stereocenters. The van der Waals surface area contributed by atoms with E-state index in [1.807, 2.05) is 25.3 Å². The molecule has 4 aliphatic rings. The Morgan fingerprint density at radius 2 is 2.00 bits per heavy atom. The summed E-state index contributed by atoms with van der Waals surface area (Å²) >= 11 is 6.43. The van der Waals surface area contributed by atoms with Gasteiger partial charge >= 0.3 is 0 Å². The number of rotatable bonds is 5. The first-order valence-electron chi connectivity index (χ1n) is 16.6. The van der Waals surface area contributed by atoms with Crippen molar-refractivity contribution in [2.45, 2.75) is 75.7 Å². The van der Waals surface area contributed by atoms with Crippen molar-refractivity contribution in [3.05, 3.63) is 58.1 Å². The summed E-state index contributed by atoms with van der Waals surface area (Å²) < 4.78 is 38.5. The van der Waals surface area contributed by atoms with E-state index in [-0.39, 0.29) is 30.3 Å². The number of fused-ring (bicyclic) bond motifs is 4. The molecule has 46 heavy (non-hydrogen) atoms. The van der Waals surface area contributed by atoms with Crippen LogP contribution in [0.1, 0.15) is 79.3 Å². The second kappa shape index (κ2) is 14.2. The van der Waals surface area contributed by atoms with Crippen molar-refractivity contribution in [2.75, 3.05) is 51.2 Å². The van der Waals surface area contributed by atoms with Crippen LogP contribution in [0.15, 0.2) is 40.8 Å². The predicted molar refractivity (Wildman–Crippen MR) is 180 cm³/mol. The Morgan fingerprint density at radius 3 is 2.78 bits per heavy atom. The number of aryl methyl sites for hydroxylation is 1. The van der Waals surface area contributed by atoms with Gasteiger partial charge in [-0.25, -0.2) is 4.21 Å². The summed E-state index contributed by atoms with van der Waals surface area (Å²) in [4.78, 5) is 28.7. The number of methoxy groups -OCH3 is 2. The fourth-order valence-corrected chi connectivity index (χ4v) is 9.76. The first kappa shape index (κ1) is 33.2. The molecule has 2 bridgehead atoms. The molecule has 6 rings (SSSR count). The van der Waals surface area contributed by atoms with Crippen LogP contribution < -0.4 is 14.4 Å². The first-order chi connectivity index (χ1) is 22.2. The molecule has 1 spiro atoms. The SMILES string of the molecule is COCCC(=O)N[S@@]1(=O)=NC(=O)c2ccc3c(c2)N(C[C@@H]2CC[C@H]2[C@@H](OC)CCCCC1)C[C@@]1(CCCc2cc(Cl)ccc21)CO3. The van der Waals surface area contributed by atoms with Gasteiger partial charge in [0.2, 0.25) is 5.91 Å². The van der Waals surface area contributed by atoms with Gasteiger partial charge in [0.25, 0.3) is 5.91 Å². The number of hydrogen-bond acceptors (Lipinski definition) is 7. The number of carbonyl (C=O) groups is 2. The van der Waals surface area contributed by atoms with Crippen LogP contribution in [0.25, 0.3) is 0 Å². The van der Waals surface area contributed by atoms with Gasteiger partial charge in [0.05, 0.1) is 37.2 Å². The molecule has 2 heterocycles. The van der Waals surface area contributed by atoms with Gasteiger partial charge in [0.1, 0.15) is 15.7 Å². The molecule has 2 aliphatic carbocycles. The molecule has 9 nitrogen and oxygen atoms in total. The molecule has 2 aromatic carbocycles. The zero-order valence-electron chi connectivity index (χ0n) is 26.9. The van der Waals surface area contributed by atoms with Crippen LogP contribution in [-0.4, -0.2) is 68.4 Å². The Morgan fingerprint density at radius 1 is 1.13 bits per heavy atom. The second-order valence-corrected chi connectivity index (χ2v) is 15.9. The number of ether oxygens (including phenoxy) is 3. The monoisotopic (exact) mass is 671 g/mol. The highest BCUT2D eigenvalue weighted by molar-refractivity contribution is 7.92. The van der Waals surface area contributed by atoms with Crippen LogP contribution >= 0.6 is 11.6 Å². The molecule has 0 radical (unpaired) electrons. The number of nitrogens with zero attached hydrogens (tertiary/aromatic N) is 2. The lowest BCUT2D eigenvalue weighted by atomic mass is 9.68. The third kappa shape index (κ3) is 7.10. The third-order valence-electron chi connectivity index (χ3n) is 10.4. The summed E-state index contributed by atoms with van der Waals surface area (Å²) in [5, 5.41) is 0.750. The molecule has 1 fully saturated rings. The predicted octanol–water partition coefficient (Wildman–Crippen LogP) is 6.10. The highest BCUT2D eigenvalue weighted by Gasteiger charge is 2.44. The summed E-state index contributed by atoms with van der Waals surface area (Å²) in [5.74, 6) is 0.678. The van der Waals surface area contributed by atoms with Gasteiger partial charge < -0.3 is 19.1 Å². The van der Waals surface area contributed by atoms with Gasteiger partial charge in [0, 0.05) is 43.3 Å². The standard InChI is InChI=1S/C35H46ClN3O6S/c1-43-17-15-33(40)37-46(42)18-5-3-4-8-31(44-2)28-12-9-26(28)21-39-22-35(16-6-7-24-19-27(36)11-13-29(24)35)23-45-32-14-10-25(20-30(32)39)34(41)38-46/h10-11,13-14,19-20,26,28,31H,3-9,12,15-18,21-23H2,1-2H3,(H,37,38,40,41,42)/t26-,28+,31-,35-,46+/m0/s1. The minimum Gasteiger partial charge on any atom is -0.490 e. The molecule has 0 aromatic heterocycles. The van der Waals surface area contributed by atoms with Crippen LogP contribution in [-0.2, 0) is 36.0 Å². The van der Waals surface area contributed by atoms with Gasteiger partial charge in [0.15, 0.2) is 0 Å². The smallest absolute Gasteiger partial charge is 0.286 e. The van der Waals surface area contributed by atoms with E-state index in [0.29, 0.717) is 30.4 Å². The zero-order valence-corrected chi connectivity index (χ0v) is 28.5. The molecule has 2 amide bonds. The normalized spacial score (nSPS) is 29.8. The van der Waals surface area contributed by atoms with E-state index in [0.717, 1.165) is 80.9 Å². The number of carbonyl (C=O) groups excluding carboxylic acids is 2. The van der Waals surface area contributed by atoms with Gasteiger partial charge in [-0.2, -0.15) is 0 Å².